The van der Waals surface area contributed by atoms with Gasteiger partial charge < -0.3 is 4.74 Å². The first-order valence-corrected chi connectivity index (χ1v) is 11.8. The zero-order valence-corrected chi connectivity index (χ0v) is 19.8. The molecule has 0 aliphatic rings. The normalized spacial score (nSPS) is 11.3. The number of amides is 1. The molecular weight excluding hydrogens is 470 g/mol. The van der Waals surface area contributed by atoms with Crippen molar-refractivity contribution >= 4 is 33.5 Å². The zero-order valence-electron chi connectivity index (χ0n) is 19.8. The van der Waals surface area contributed by atoms with Crippen molar-refractivity contribution in [2.24, 2.45) is 0 Å². The predicted molar refractivity (Wildman–Crippen MR) is 139 cm³/mol. The molecule has 1 N–H and O–H groups in total. The van der Waals surface area contributed by atoms with Crippen molar-refractivity contribution in [2.45, 2.75) is 13.3 Å². The highest BCUT2D eigenvalue weighted by molar-refractivity contribution is 5.88. The van der Waals surface area contributed by atoms with Crippen LogP contribution >= 0.6 is 0 Å². The molecule has 4 heterocycles. The quantitative estimate of drug-likeness (QED) is 0.380. The van der Waals surface area contributed by atoms with E-state index in [4.69, 9.17) is 9.84 Å². The van der Waals surface area contributed by atoms with E-state index in [9.17, 15) is 9.59 Å². The van der Waals surface area contributed by atoms with Gasteiger partial charge in [0.2, 0.25) is 0 Å². The van der Waals surface area contributed by atoms with Gasteiger partial charge in [-0.15, -0.1) is 10.2 Å². The first-order valence-electron chi connectivity index (χ1n) is 11.8. The molecule has 0 radical (unpaired) electrons. The first-order chi connectivity index (χ1) is 18.1. The number of hydrogen-bond acceptors (Lipinski definition) is 7. The Kier molecular flexibility index (Phi) is 5.53. The van der Waals surface area contributed by atoms with Crippen LogP contribution in [0.15, 0.2) is 83.9 Å². The summed E-state index contributed by atoms with van der Waals surface area (Å²) in [6, 6.07) is 20.7. The molecule has 10 heteroatoms. The highest BCUT2D eigenvalue weighted by Crippen LogP contribution is 2.28. The van der Waals surface area contributed by atoms with Gasteiger partial charge in [-0.3, -0.25) is 20.0 Å². The predicted octanol–water partition coefficient (Wildman–Crippen LogP) is 3.37. The number of carbonyl (C=O) groups excluding carboxylic acids is 1. The fraction of sp³-hybridized carbons (Fsp3) is 0.111. The fourth-order valence-corrected chi connectivity index (χ4v) is 4.33. The smallest absolute Gasteiger partial charge is 0.299 e. The molecule has 0 aliphatic carbocycles. The number of ether oxygens (including phenoxy) is 1. The van der Waals surface area contributed by atoms with E-state index in [1.807, 2.05) is 61.5 Å². The minimum atomic E-state index is -0.526. The molecule has 0 aliphatic heterocycles. The molecule has 37 heavy (non-hydrogen) atoms. The van der Waals surface area contributed by atoms with Gasteiger partial charge in [0, 0.05) is 17.8 Å². The zero-order chi connectivity index (χ0) is 25.4. The molecule has 0 spiro atoms. The lowest BCUT2D eigenvalue weighted by molar-refractivity contribution is -0.119. The summed E-state index contributed by atoms with van der Waals surface area (Å²) in [7, 11) is 0. The monoisotopic (exact) mass is 491 g/mol. The van der Waals surface area contributed by atoms with E-state index in [-0.39, 0.29) is 12.1 Å². The van der Waals surface area contributed by atoms with Gasteiger partial charge in [-0.1, -0.05) is 55.5 Å². The Morgan fingerprint density at radius 3 is 2.65 bits per heavy atom. The third kappa shape index (κ3) is 3.94. The lowest BCUT2D eigenvalue weighted by atomic mass is 10.0. The molecule has 0 saturated carbocycles. The highest BCUT2D eigenvalue weighted by Gasteiger charge is 2.19. The molecule has 10 nitrogen and oxygen atoms in total. The maximum absolute atomic E-state index is 13.1. The van der Waals surface area contributed by atoms with Crippen molar-refractivity contribution in [2.75, 3.05) is 12.0 Å². The molecule has 0 atom stereocenters. The van der Waals surface area contributed by atoms with Crippen LogP contribution in [0.4, 0.5) is 0 Å². The number of carbonyl (C=O) groups is 1. The Morgan fingerprint density at radius 1 is 0.973 bits per heavy atom. The summed E-state index contributed by atoms with van der Waals surface area (Å²) < 4.78 is 8.38. The van der Waals surface area contributed by atoms with Crippen LogP contribution in [-0.2, 0) is 11.2 Å². The second-order valence-electron chi connectivity index (χ2n) is 8.36. The van der Waals surface area contributed by atoms with Crippen LogP contribution in [0.5, 0.6) is 5.75 Å². The van der Waals surface area contributed by atoms with Crippen LogP contribution in [0.1, 0.15) is 12.6 Å². The molecule has 6 aromatic rings. The van der Waals surface area contributed by atoms with Crippen molar-refractivity contribution < 1.29 is 9.53 Å². The SMILES string of the molecule is CCc1nn2c(nnc3c(=O)n(NC(=O)COc4cccc5cccnc45)ccc32)c1-c1ccccc1. The Labute approximate surface area is 210 Å². The van der Waals surface area contributed by atoms with Crippen LogP contribution in [-0.4, -0.2) is 42.0 Å². The molecule has 0 unspecified atom stereocenters. The minimum Gasteiger partial charge on any atom is -0.481 e. The van der Waals surface area contributed by atoms with Gasteiger partial charge in [-0.05, 0) is 30.2 Å². The van der Waals surface area contributed by atoms with Crippen LogP contribution in [0.2, 0.25) is 0 Å². The molecule has 182 valence electrons. The average molecular weight is 492 g/mol. The lowest BCUT2D eigenvalue weighted by Gasteiger charge is -2.11. The van der Waals surface area contributed by atoms with Gasteiger partial charge in [-0.2, -0.15) is 5.10 Å². The molecule has 1 amide bonds. The molecule has 0 fully saturated rings. The maximum Gasteiger partial charge on any atom is 0.299 e. The van der Waals surface area contributed by atoms with Crippen LogP contribution in [0.25, 0.3) is 38.7 Å². The highest BCUT2D eigenvalue weighted by atomic mass is 16.5. The Morgan fingerprint density at radius 2 is 1.81 bits per heavy atom. The molecular formula is C27H21N7O3. The van der Waals surface area contributed by atoms with Crippen LogP contribution in [0.3, 0.4) is 0 Å². The summed E-state index contributed by atoms with van der Waals surface area (Å²) >= 11 is 0. The molecule has 2 aromatic carbocycles. The third-order valence-corrected chi connectivity index (χ3v) is 6.05. The summed E-state index contributed by atoms with van der Waals surface area (Å²) in [5.41, 5.74) is 6.53. The summed E-state index contributed by atoms with van der Waals surface area (Å²) in [6.07, 6.45) is 3.82. The standard InChI is InChI=1S/C27H21N7O3/c1-2-19-23(17-8-4-3-5-9-17)26-30-29-25-20(34(26)31-19)13-15-33(27(25)36)32-22(35)16-37-21-12-6-10-18-11-7-14-28-24(18)21/h3-15H,2,16H2,1H3,(H,32,35). The van der Waals surface area contributed by atoms with Crippen molar-refractivity contribution in [1.82, 2.24) is 29.5 Å². The lowest BCUT2D eigenvalue weighted by Crippen LogP contribution is -2.35. The Balaban J connectivity index is 1.30. The maximum atomic E-state index is 13.1. The van der Waals surface area contributed by atoms with E-state index in [2.05, 4.69) is 20.6 Å². The van der Waals surface area contributed by atoms with E-state index in [1.54, 1.807) is 22.8 Å². The number of aromatic nitrogens is 6. The first kappa shape index (κ1) is 22.4. The number of fused-ring (bicyclic) bond motifs is 4. The Bertz CT molecular complexity index is 1840. The molecule has 6 rings (SSSR count). The summed E-state index contributed by atoms with van der Waals surface area (Å²) in [5, 5.41) is 14.1. The van der Waals surface area contributed by atoms with E-state index in [0.29, 0.717) is 28.9 Å². The number of benzene rings is 2. The second-order valence-corrected chi connectivity index (χ2v) is 8.36. The molecule has 4 aromatic heterocycles. The van der Waals surface area contributed by atoms with E-state index in [1.165, 1.54) is 6.20 Å². The summed E-state index contributed by atoms with van der Waals surface area (Å²) in [5.74, 6) is -0.0332. The number of rotatable bonds is 6. The van der Waals surface area contributed by atoms with E-state index in [0.717, 1.165) is 26.9 Å². The van der Waals surface area contributed by atoms with Gasteiger partial charge in [-0.25, -0.2) is 9.19 Å². The summed E-state index contributed by atoms with van der Waals surface area (Å²) in [6.45, 7) is 1.72. The second kappa shape index (κ2) is 9.15. The van der Waals surface area contributed by atoms with Crippen LogP contribution in [0, 0.1) is 0 Å². The number of nitrogens with zero attached hydrogens (tertiary/aromatic N) is 6. The van der Waals surface area contributed by atoms with Gasteiger partial charge >= 0.3 is 0 Å². The van der Waals surface area contributed by atoms with Crippen LogP contribution < -0.4 is 15.7 Å². The number of nitrogens with one attached hydrogen (secondary N) is 1. The van der Waals surface area contributed by atoms with E-state index < -0.39 is 11.5 Å². The Hall–Kier alpha value is -5.12. The number of aryl methyl sites for hydroxylation is 1. The van der Waals surface area contributed by atoms with Gasteiger partial charge in [0.05, 0.1) is 11.3 Å². The number of pyridine rings is 2. The third-order valence-electron chi connectivity index (χ3n) is 6.05. The van der Waals surface area contributed by atoms with Gasteiger partial charge in [0.15, 0.2) is 17.8 Å². The van der Waals surface area contributed by atoms with Crippen molar-refractivity contribution in [1.29, 1.82) is 0 Å². The van der Waals surface area contributed by atoms with Crippen molar-refractivity contribution in [3.8, 4) is 16.9 Å². The minimum absolute atomic E-state index is 0.0826. The molecule has 0 bridgehead atoms. The topological polar surface area (TPSA) is 116 Å². The van der Waals surface area contributed by atoms with Crippen molar-refractivity contribution in [3.05, 3.63) is 95.2 Å². The van der Waals surface area contributed by atoms with Crippen molar-refractivity contribution in [3.63, 3.8) is 0 Å². The summed E-state index contributed by atoms with van der Waals surface area (Å²) in [4.78, 5) is 30.1. The number of para-hydroxylation sites is 1. The largest absolute Gasteiger partial charge is 0.481 e. The van der Waals surface area contributed by atoms with E-state index >= 15 is 0 Å². The van der Waals surface area contributed by atoms with Gasteiger partial charge in [0.1, 0.15) is 16.8 Å². The number of hydrogen-bond donors (Lipinski definition) is 1. The van der Waals surface area contributed by atoms with Gasteiger partial charge in [0.25, 0.3) is 11.5 Å². The molecule has 0 saturated heterocycles. The fourth-order valence-electron chi connectivity index (χ4n) is 4.33. The average Bonchev–Trinajstić information content (AvgIpc) is 3.33.